The molecule has 1 amide bonds. The third-order valence-corrected chi connectivity index (χ3v) is 6.97. The Morgan fingerprint density at radius 2 is 1.87 bits per heavy atom. The molecule has 1 fully saturated rings. The van der Waals surface area contributed by atoms with Crippen LogP contribution in [0, 0.1) is 5.41 Å². The lowest BCUT2D eigenvalue weighted by Crippen LogP contribution is -2.44. The molecule has 0 spiro atoms. The number of rotatable bonds is 8. The lowest BCUT2D eigenvalue weighted by atomic mass is 9.78. The lowest BCUT2D eigenvalue weighted by Gasteiger charge is -2.32. The van der Waals surface area contributed by atoms with Gasteiger partial charge in [0, 0.05) is 20.1 Å². The van der Waals surface area contributed by atoms with Crippen LogP contribution in [0.1, 0.15) is 24.8 Å². The van der Waals surface area contributed by atoms with Crippen molar-refractivity contribution in [2.75, 3.05) is 21.2 Å². The van der Waals surface area contributed by atoms with Crippen LogP contribution in [0.15, 0.2) is 54.6 Å². The van der Waals surface area contributed by atoms with Gasteiger partial charge in [0.2, 0.25) is 0 Å². The molecule has 0 heterocycles. The molecule has 2 atom stereocenters. The Labute approximate surface area is 178 Å². The Morgan fingerprint density at radius 1 is 1.17 bits per heavy atom. The Hall–Kier alpha value is -2.26. The van der Waals surface area contributed by atoms with E-state index in [1.165, 1.54) is 19.2 Å². The van der Waals surface area contributed by atoms with E-state index in [0.29, 0.717) is 25.7 Å². The summed E-state index contributed by atoms with van der Waals surface area (Å²) in [6, 6.07) is 17.9. The predicted molar refractivity (Wildman–Crippen MR) is 117 cm³/mol. The van der Waals surface area contributed by atoms with Crippen LogP contribution in [0.2, 0.25) is 0 Å². The molecule has 0 unspecified atom stereocenters. The normalized spacial score (nSPS) is 21.5. The first kappa shape index (κ1) is 22.4. The molecule has 0 bridgehead atoms. The Bertz CT molecular complexity index is 981. The molecule has 30 heavy (non-hydrogen) atoms. The van der Waals surface area contributed by atoms with Crippen LogP contribution in [0.5, 0.6) is 0 Å². The number of amides is 1. The van der Waals surface area contributed by atoms with Crippen molar-refractivity contribution in [2.45, 2.75) is 31.7 Å². The highest BCUT2D eigenvalue weighted by molar-refractivity contribution is 7.87. The summed E-state index contributed by atoms with van der Waals surface area (Å²) in [5, 5.41) is 1.25. The fourth-order valence-corrected chi connectivity index (χ4v) is 4.99. The standard InChI is InChI=1S/C22H29N3O4S/c1-23-30(27,28)24-20-12-13-22(16-20,21(26)25(2)29-3)15-17-8-7-11-19(14-17)18-9-5-4-6-10-18/h4-11,14,20,23-24H,12-13,15-16H2,1-3H3/t20-,22+/m0/s1. The molecular formula is C22H29N3O4S. The molecule has 7 nitrogen and oxygen atoms in total. The van der Waals surface area contributed by atoms with Crippen molar-refractivity contribution in [3.05, 3.63) is 60.2 Å². The maximum absolute atomic E-state index is 13.2. The SMILES string of the molecule is CNS(=O)(=O)N[C@H]1CC[C@](Cc2cccc(-c3ccccc3)c2)(C(=O)N(C)OC)C1. The van der Waals surface area contributed by atoms with Crippen molar-refractivity contribution in [2.24, 2.45) is 5.41 Å². The summed E-state index contributed by atoms with van der Waals surface area (Å²) < 4.78 is 28.8. The second kappa shape index (κ2) is 9.26. The van der Waals surface area contributed by atoms with Crippen LogP contribution in [0.4, 0.5) is 0 Å². The van der Waals surface area contributed by atoms with E-state index in [4.69, 9.17) is 4.84 Å². The number of carbonyl (C=O) groups excluding carboxylic acids is 1. The van der Waals surface area contributed by atoms with Gasteiger partial charge in [-0.2, -0.15) is 13.1 Å². The van der Waals surface area contributed by atoms with Crippen molar-refractivity contribution >= 4 is 16.1 Å². The summed E-state index contributed by atoms with van der Waals surface area (Å²) in [6.45, 7) is 0. The smallest absolute Gasteiger partial charge is 0.275 e. The number of carbonyl (C=O) groups is 1. The lowest BCUT2D eigenvalue weighted by molar-refractivity contribution is -0.180. The summed E-state index contributed by atoms with van der Waals surface area (Å²) in [4.78, 5) is 18.4. The minimum absolute atomic E-state index is 0.138. The van der Waals surface area contributed by atoms with E-state index in [1.807, 2.05) is 36.4 Å². The van der Waals surface area contributed by atoms with E-state index in [-0.39, 0.29) is 11.9 Å². The molecule has 0 saturated heterocycles. The van der Waals surface area contributed by atoms with Gasteiger partial charge in [0.05, 0.1) is 12.5 Å². The molecule has 3 rings (SSSR count). The molecule has 1 saturated carbocycles. The number of nitrogens with zero attached hydrogens (tertiary/aromatic N) is 1. The zero-order chi connectivity index (χ0) is 21.8. The van der Waals surface area contributed by atoms with E-state index in [9.17, 15) is 13.2 Å². The fraction of sp³-hybridized carbons (Fsp3) is 0.409. The molecule has 2 aromatic carbocycles. The molecule has 162 valence electrons. The van der Waals surface area contributed by atoms with Crippen molar-refractivity contribution in [1.82, 2.24) is 14.5 Å². The summed E-state index contributed by atoms with van der Waals surface area (Å²) in [5.41, 5.74) is 2.49. The molecule has 2 aromatic rings. The molecule has 1 aliphatic rings. The van der Waals surface area contributed by atoms with Gasteiger partial charge in [0.1, 0.15) is 0 Å². The number of hydrogen-bond acceptors (Lipinski definition) is 4. The average Bonchev–Trinajstić information content (AvgIpc) is 3.16. The maximum atomic E-state index is 13.2. The zero-order valence-corrected chi connectivity index (χ0v) is 18.4. The van der Waals surface area contributed by atoms with Crippen LogP contribution >= 0.6 is 0 Å². The van der Waals surface area contributed by atoms with Gasteiger partial charge in [-0.15, -0.1) is 0 Å². The average molecular weight is 432 g/mol. The molecule has 0 aliphatic heterocycles. The Balaban J connectivity index is 1.89. The second-order valence-electron chi connectivity index (χ2n) is 7.77. The van der Waals surface area contributed by atoms with Crippen LogP contribution in [-0.4, -0.2) is 46.6 Å². The number of benzene rings is 2. The number of hydroxylamine groups is 2. The maximum Gasteiger partial charge on any atom is 0.276 e. The van der Waals surface area contributed by atoms with Crippen LogP contribution in [-0.2, 0) is 26.3 Å². The topological polar surface area (TPSA) is 87.7 Å². The van der Waals surface area contributed by atoms with Crippen LogP contribution in [0.25, 0.3) is 11.1 Å². The van der Waals surface area contributed by atoms with Gasteiger partial charge in [-0.05, 0) is 42.4 Å². The molecular weight excluding hydrogens is 402 g/mol. The monoisotopic (exact) mass is 431 g/mol. The first-order valence-electron chi connectivity index (χ1n) is 9.96. The Kier molecular flexibility index (Phi) is 6.92. The fourth-order valence-electron chi connectivity index (χ4n) is 4.23. The summed E-state index contributed by atoms with van der Waals surface area (Å²) in [5.74, 6) is -0.138. The molecule has 8 heteroatoms. The highest BCUT2D eigenvalue weighted by atomic mass is 32.2. The van der Waals surface area contributed by atoms with Crippen molar-refractivity contribution < 1.29 is 18.0 Å². The largest absolute Gasteiger partial charge is 0.276 e. The van der Waals surface area contributed by atoms with Gasteiger partial charge < -0.3 is 0 Å². The van der Waals surface area contributed by atoms with Crippen molar-refractivity contribution in [3.63, 3.8) is 0 Å². The third-order valence-electron chi connectivity index (χ3n) is 5.79. The summed E-state index contributed by atoms with van der Waals surface area (Å²) >= 11 is 0. The van der Waals surface area contributed by atoms with E-state index < -0.39 is 15.6 Å². The Morgan fingerprint density at radius 3 is 2.53 bits per heavy atom. The van der Waals surface area contributed by atoms with E-state index in [0.717, 1.165) is 16.7 Å². The van der Waals surface area contributed by atoms with E-state index in [2.05, 4.69) is 27.6 Å². The second-order valence-corrected chi connectivity index (χ2v) is 9.42. The minimum atomic E-state index is -3.58. The molecule has 2 N–H and O–H groups in total. The number of hydrogen-bond donors (Lipinski definition) is 2. The van der Waals surface area contributed by atoms with Gasteiger partial charge in [-0.25, -0.2) is 9.79 Å². The molecule has 0 aromatic heterocycles. The third kappa shape index (κ3) is 5.07. The first-order valence-corrected chi connectivity index (χ1v) is 11.4. The van der Waals surface area contributed by atoms with Gasteiger partial charge in [-0.1, -0.05) is 54.6 Å². The van der Waals surface area contributed by atoms with E-state index >= 15 is 0 Å². The highest BCUT2D eigenvalue weighted by Gasteiger charge is 2.47. The van der Waals surface area contributed by atoms with Crippen LogP contribution < -0.4 is 9.44 Å². The predicted octanol–water partition coefficient (Wildman–Crippen LogP) is 2.51. The first-order chi connectivity index (χ1) is 14.3. The number of nitrogens with one attached hydrogen (secondary N) is 2. The molecule has 1 aliphatic carbocycles. The van der Waals surface area contributed by atoms with Crippen molar-refractivity contribution in [1.29, 1.82) is 0 Å². The van der Waals surface area contributed by atoms with Gasteiger partial charge in [-0.3, -0.25) is 9.63 Å². The van der Waals surface area contributed by atoms with Crippen LogP contribution in [0.3, 0.4) is 0 Å². The summed E-state index contributed by atoms with van der Waals surface area (Å²) in [6.07, 6.45) is 2.09. The van der Waals surface area contributed by atoms with Gasteiger partial charge in [0.25, 0.3) is 16.1 Å². The van der Waals surface area contributed by atoms with Gasteiger partial charge in [0.15, 0.2) is 0 Å². The van der Waals surface area contributed by atoms with E-state index in [1.54, 1.807) is 7.05 Å². The van der Waals surface area contributed by atoms with Gasteiger partial charge >= 0.3 is 0 Å². The molecule has 0 radical (unpaired) electrons. The van der Waals surface area contributed by atoms with Crippen molar-refractivity contribution in [3.8, 4) is 11.1 Å². The summed E-state index contributed by atoms with van der Waals surface area (Å²) in [7, 11) is 0.837. The quantitative estimate of drug-likeness (QED) is 0.629. The highest BCUT2D eigenvalue weighted by Crippen LogP contribution is 2.43. The minimum Gasteiger partial charge on any atom is -0.275 e. The zero-order valence-electron chi connectivity index (χ0n) is 17.6.